The van der Waals surface area contributed by atoms with Gasteiger partial charge in [0.25, 0.3) is 0 Å². The lowest BCUT2D eigenvalue weighted by molar-refractivity contribution is 0.401. The highest BCUT2D eigenvalue weighted by Crippen LogP contribution is 2.10. The third-order valence-corrected chi connectivity index (χ3v) is 3.03. The zero-order chi connectivity index (χ0) is 9.52. The Morgan fingerprint density at radius 1 is 1.46 bits per heavy atom. The highest BCUT2D eigenvalue weighted by Gasteiger charge is 2.14. The number of hydrogen-bond donors (Lipinski definition) is 2. The van der Waals surface area contributed by atoms with Gasteiger partial charge in [-0.25, -0.2) is 0 Å². The summed E-state index contributed by atoms with van der Waals surface area (Å²) in [5.74, 6) is 0.894. The van der Waals surface area contributed by atoms with Gasteiger partial charge in [-0.15, -0.1) is 0 Å². The van der Waals surface area contributed by atoms with Crippen molar-refractivity contribution in [2.75, 3.05) is 19.6 Å². The summed E-state index contributed by atoms with van der Waals surface area (Å²) in [5, 5.41) is 7.04. The molecule has 1 aliphatic rings. The van der Waals surface area contributed by atoms with Crippen LogP contribution in [0, 0.1) is 5.92 Å². The van der Waals surface area contributed by atoms with Gasteiger partial charge in [-0.1, -0.05) is 26.7 Å². The van der Waals surface area contributed by atoms with Gasteiger partial charge in [-0.3, -0.25) is 0 Å². The van der Waals surface area contributed by atoms with E-state index >= 15 is 0 Å². The summed E-state index contributed by atoms with van der Waals surface area (Å²) in [4.78, 5) is 0. The molecule has 0 aromatic rings. The second-order valence-corrected chi connectivity index (χ2v) is 4.16. The molecule has 1 saturated heterocycles. The minimum absolute atomic E-state index is 0.742. The average molecular weight is 184 g/mol. The van der Waals surface area contributed by atoms with Crippen LogP contribution in [0.3, 0.4) is 0 Å². The van der Waals surface area contributed by atoms with Crippen LogP contribution in [0.2, 0.25) is 0 Å². The fraction of sp³-hybridized carbons (Fsp3) is 1.00. The third-order valence-electron chi connectivity index (χ3n) is 3.03. The first-order valence-corrected chi connectivity index (χ1v) is 5.80. The molecule has 78 valence electrons. The van der Waals surface area contributed by atoms with Gasteiger partial charge in [0.1, 0.15) is 0 Å². The molecule has 0 aromatic carbocycles. The zero-order valence-corrected chi connectivity index (χ0v) is 9.10. The Labute approximate surface area is 82.5 Å². The van der Waals surface area contributed by atoms with Crippen molar-refractivity contribution < 1.29 is 0 Å². The first-order valence-electron chi connectivity index (χ1n) is 5.80. The Hall–Kier alpha value is -0.0800. The first kappa shape index (κ1) is 11.0. The van der Waals surface area contributed by atoms with Crippen LogP contribution < -0.4 is 10.6 Å². The van der Waals surface area contributed by atoms with Gasteiger partial charge < -0.3 is 10.6 Å². The molecular weight excluding hydrogens is 160 g/mol. The maximum Gasteiger partial charge on any atom is 0.0204 e. The lowest BCUT2D eigenvalue weighted by atomic mass is 10.0. The molecule has 0 spiro atoms. The molecule has 2 atom stereocenters. The Morgan fingerprint density at radius 3 is 2.85 bits per heavy atom. The summed E-state index contributed by atoms with van der Waals surface area (Å²) in [6, 6.07) is 0.742. The van der Waals surface area contributed by atoms with Crippen LogP contribution in [0.1, 0.15) is 39.5 Å². The minimum Gasteiger partial charge on any atom is -0.315 e. The van der Waals surface area contributed by atoms with E-state index in [0.717, 1.165) is 12.0 Å². The van der Waals surface area contributed by atoms with Crippen LogP contribution >= 0.6 is 0 Å². The number of nitrogens with one attached hydrogen (secondary N) is 2. The first-order chi connectivity index (χ1) is 6.36. The van der Waals surface area contributed by atoms with E-state index in [4.69, 9.17) is 0 Å². The van der Waals surface area contributed by atoms with Crippen molar-refractivity contribution in [1.29, 1.82) is 0 Å². The van der Waals surface area contributed by atoms with Gasteiger partial charge in [0.05, 0.1) is 0 Å². The van der Waals surface area contributed by atoms with E-state index < -0.39 is 0 Å². The van der Waals surface area contributed by atoms with E-state index in [9.17, 15) is 0 Å². The standard InChI is InChI=1S/C11H24N2/c1-3-5-10(4-2)8-13-11-6-7-12-9-11/h10-13H,3-9H2,1-2H3. The van der Waals surface area contributed by atoms with E-state index in [1.807, 2.05) is 0 Å². The van der Waals surface area contributed by atoms with Crippen molar-refractivity contribution in [3.63, 3.8) is 0 Å². The van der Waals surface area contributed by atoms with E-state index in [0.29, 0.717) is 0 Å². The smallest absolute Gasteiger partial charge is 0.0204 e. The lowest BCUT2D eigenvalue weighted by Gasteiger charge is -2.18. The molecule has 0 bridgehead atoms. The van der Waals surface area contributed by atoms with Gasteiger partial charge >= 0.3 is 0 Å². The molecule has 13 heavy (non-hydrogen) atoms. The van der Waals surface area contributed by atoms with Crippen LogP contribution in [-0.4, -0.2) is 25.7 Å². The summed E-state index contributed by atoms with van der Waals surface area (Å²) in [6.45, 7) is 8.16. The summed E-state index contributed by atoms with van der Waals surface area (Å²) >= 11 is 0. The summed E-state index contributed by atoms with van der Waals surface area (Å²) in [6.07, 6.45) is 5.33. The number of rotatable bonds is 6. The minimum atomic E-state index is 0.742. The monoisotopic (exact) mass is 184 g/mol. The molecule has 1 aliphatic heterocycles. The van der Waals surface area contributed by atoms with E-state index in [-0.39, 0.29) is 0 Å². The molecule has 2 nitrogen and oxygen atoms in total. The molecule has 1 fully saturated rings. The molecular formula is C11H24N2. The van der Waals surface area contributed by atoms with E-state index in [1.54, 1.807) is 0 Å². The highest BCUT2D eigenvalue weighted by atomic mass is 15.0. The summed E-state index contributed by atoms with van der Waals surface area (Å²) in [7, 11) is 0. The molecule has 0 amide bonds. The van der Waals surface area contributed by atoms with E-state index in [1.165, 1.54) is 45.3 Å². The Bertz CT molecular complexity index is 119. The average Bonchev–Trinajstić information content (AvgIpc) is 2.64. The van der Waals surface area contributed by atoms with E-state index in [2.05, 4.69) is 24.5 Å². The second-order valence-electron chi connectivity index (χ2n) is 4.16. The molecule has 2 unspecified atom stereocenters. The molecule has 2 heteroatoms. The summed E-state index contributed by atoms with van der Waals surface area (Å²) in [5.41, 5.74) is 0. The molecule has 0 aliphatic carbocycles. The molecule has 0 aromatic heterocycles. The van der Waals surface area contributed by atoms with Crippen LogP contribution in [0.4, 0.5) is 0 Å². The lowest BCUT2D eigenvalue weighted by Crippen LogP contribution is -2.34. The van der Waals surface area contributed by atoms with Crippen molar-refractivity contribution in [2.45, 2.75) is 45.6 Å². The van der Waals surface area contributed by atoms with Gasteiger partial charge in [0.2, 0.25) is 0 Å². The molecule has 1 heterocycles. The zero-order valence-electron chi connectivity index (χ0n) is 9.10. The van der Waals surface area contributed by atoms with Crippen molar-refractivity contribution in [3.8, 4) is 0 Å². The largest absolute Gasteiger partial charge is 0.315 e. The predicted octanol–water partition coefficient (Wildman–Crippen LogP) is 1.76. The van der Waals surface area contributed by atoms with Crippen molar-refractivity contribution in [3.05, 3.63) is 0 Å². The Balaban J connectivity index is 2.07. The van der Waals surface area contributed by atoms with Gasteiger partial charge in [-0.05, 0) is 31.8 Å². The van der Waals surface area contributed by atoms with Crippen molar-refractivity contribution >= 4 is 0 Å². The van der Waals surface area contributed by atoms with Crippen LogP contribution in [0.15, 0.2) is 0 Å². The van der Waals surface area contributed by atoms with Crippen LogP contribution in [-0.2, 0) is 0 Å². The highest BCUT2D eigenvalue weighted by molar-refractivity contribution is 4.78. The topological polar surface area (TPSA) is 24.1 Å². The number of hydrogen-bond acceptors (Lipinski definition) is 2. The molecule has 1 rings (SSSR count). The quantitative estimate of drug-likeness (QED) is 0.657. The van der Waals surface area contributed by atoms with Gasteiger partial charge in [0, 0.05) is 12.6 Å². The van der Waals surface area contributed by atoms with Crippen LogP contribution in [0.5, 0.6) is 0 Å². The third kappa shape index (κ3) is 4.10. The van der Waals surface area contributed by atoms with Gasteiger partial charge in [0.15, 0.2) is 0 Å². The summed E-state index contributed by atoms with van der Waals surface area (Å²) < 4.78 is 0. The van der Waals surface area contributed by atoms with Gasteiger partial charge in [-0.2, -0.15) is 0 Å². The fourth-order valence-corrected chi connectivity index (χ4v) is 2.02. The maximum absolute atomic E-state index is 3.65. The normalized spacial score (nSPS) is 24.9. The molecule has 0 radical (unpaired) electrons. The Kier molecular flexibility index (Phi) is 5.40. The second kappa shape index (κ2) is 6.39. The predicted molar refractivity (Wildman–Crippen MR) is 58.0 cm³/mol. The van der Waals surface area contributed by atoms with Crippen molar-refractivity contribution in [1.82, 2.24) is 10.6 Å². The Morgan fingerprint density at radius 2 is 2.31 bits per heavy atom. The van der Waals surface area contributed by atoms with Crippen molar-refractivity contribution in [2.24, 2.45) is 5.92 Å². The fourth-order valence-electron chi connectivity index (χ4n) is 2.02. The SMILES string of the molecule is CCCC(CC)CNC1CCNC1. The molecule has 0 saturated carbocycles. The van der Waals surface area contributed by atoms with Crippen LogP contribution in [0.25, 0.3) is 0 Å². The molecule has 2 N–H and O–H groups in total. The maximum atomic E-state index is 3.65.